The first-order valence-electron chi connectivity index (χ1n) is 7.50. The van der Waals surface area contributed by atoms with Crippen LogP contribution in [0.15, 0.2) is 53.4 Å². The Hall–Kier alpha value is -3.07. The SMILES string of the molecule is COc1ccc(OCC(=O)Nc2ccc(S(=O)(=O)NC(C)=O)cc2)cc1. The molecule has 0 heterocycles. The molecular weight excluding hydrogens is 360 g/mol. The van der Waals surface area contributed by atoms with Gasteiger partial charge in [0.1, 0.15) is 11.5 Å². The maximum atomic E-state index is 11.9. The van der Waals surface area contributed by atoms with Crippen molar-refractivity contribution in [3.05, 3.63) is 48.5 Å². The molecular formula is C17H18N2O6S. The highest BCUT2D eigenvalue weighted by Crippen LogP contribution is 2.17. The van der Waals surface area contributed by atoms with Gasteiger partial charge >= 0.3 is 0 Å². The van der Waals surface area contributed by atoms with E-state index in [0.29, 0.717) is 17.2 Å². The zero-order valence-corrected chi connectivity index (χ0v) is 15.0. The summed E-state index contributed by atoms with van der Waals surface area (Å²) in [5, 5.41) is 2.58. The first-order chi connectivity index (χ1) is 12.3. The summed E-state index contributed by atoms with van der Waals surface area (Å²) in [6.45, 7) is 0.896. The molecule has 2 aromatic rings. The van der Waals surface area contributed by atoms with E-state index in [1.54, 1.807) is 31.4 Å². The normalized spacial score (nSPS) is 10.7. The second kappa shape index (κ2) is 8.34. The topological polar surface area (TPSA) is 111 Å². The van der Waals surface area contributed by atoms with Crippen LogP contribution in [0.4, 0.5) is 5.69 Å². The van der Waals surface area contributed by atoms with E-state index in [1.165, 1.54) is 24.3 Å². The molecule has 2 N–H and O–H groups in total. The first-order valence-corrected chi connectivity index (χ1v) is 8.98. The minimum atomic E-state index is -3.90. The third kappa shape index (κ3) is 5.49. The van der Waals surface area contributed by atoms with Crippen molar-refractivity contribution in [2.24, 2.45) is 0 Å². The second-order valence-electron chi connectivity index (χ2n) is 5.20. The molecule has 0 spiro atoms. The standard InChI is InChI=1S/C17H18N2O6S/c1-12(20)19-26(22,23)16-9-3-13(4-10-16)18-17(21)11-25-15-7-5-14(24-2)6-8-15/h3-10H,11H2,1-2H3,(H,18,21)(H,19,20). The van der Waals surface area contributed by atoms with Crippen molar-refractivity contribution >= 4 is 27.5 Å². The molecule has 0 aliphatic heterocycles. The summed E-state index contributed by atoms with van der Waals surface area (Å²) in [5.74, 6) is 0.102. The van der Waals surface area contributed by atoms with E-state index < -0.39 is 21.8 Å². The number of sulfonamides is 1. The number of hydrogen-bond acceptors (Lipinski definition) is 6. The highest BCUT2D eigenvalue weighted by Gasteiger charge is 2.15. The number of carbonyl (C=O) groups is 2. The fourth-order valence-corrected chi connectivity index (χ4v) is 2.97. The highest BCUT2D eigenvalue weighted by atomic mass is 32.2. The lowest BCUT2D eigenvalue weighted by Gasteiger charge is -2.09. The van der Waals surface area contributed by atoms with Crippen molar-refractivity contribution in [1.29, 1.82) is 0 Å². The average molecular weight is 378 g/mol. The number of carbonyl (C=O) groups excluding carboxylic acids is 2. The van der Waals surface area contributed by atoms with Crippen LogP contribution in [0.3, 0.4) is 0 Å². The second-order valence-corrected chi connectivity index (χ2v) is 6.88. The summed E-state index contributed by atoms with van der Waals surface area (Å²) in [4.78, 5) is 22.7. The molecule has 0 aromatic heterocycles. The molecule has 0 saturated carbocycles. The molecule has 2 aromatic carbocycles. The van der Waals surface area contributed by atoms with E-state index in [4.69, 9.17) is 9.47 Å². The van der Waals surface area contributed by atoms with E-state index in [0.717, 1.165) is 6.92 Å². The third-order valence-electron chi connectivity index (χ3n) is 3.16. The lowest BCUT2D eigenvalue weighted by atomic mass is 10.3. The van der Waals surface area contributed by atoms with Crippen LogP contribution in [0.25, 0.3) is 0 Å². The molecule has 26 heavy (non-hydrogen) atoms. The number of ether oxygens (including phenoxy) is 2. The molecule has 0 radical (unpaired) electrons. The molecule has 0 bridgehead atoms. The Morgan fingerprint density at radius 3 is 2.08 bits per heavy atom. The van der Waals surface area contributed by atoms with Gasteiger partial charge in [-0.25, -0.2) is 13.1 Å². The molecule has 138 valence electrons. The Morgan fingerprint density at radius 2 is 1.54 bits per heavy atom. The smallest absolute Gasteiger partial charge is 0.264 e. The van der Waals surface area contributed by atoms with Gasteiger partial charge in [-0.1, -0.05) is 0 Å². The maximum Gasteiger partial charge on any atom is 0.264 e. The van der Waals surface area contributed by atoms with E-state index >= 15 is 0 Å². The van der Waals surface area contributed by atoms with Crippen molar-refractivity contribution in [2.75, 3.05) is 19.0 Å². The van der Waals surface area contributed by atoms with Gasteiger partial charge in [0.25, 0.3) is 15.9 Å². The Labute approximate surface area is 151 Å². The van der Waals surface area contributed by atoms with Crippen molar-refractivity contribution < 1.29 is 27.5 Å². The van der Waals surface area contributed by atoms with Crippen molar-refractivity contribution in [3.8, 4) is 11.5 Å². The maximum absolute atomic E-state index is 11.9. The Morgan fingerprint density at radius 1 is 0.962 bits per heavy atom. The van der Waals surface area contributed by atoms with Crippen LogP contribution in [0.2, 0.25) is 0 Å². The minimum absolute atomic E-state index is 0.0832. The van der Waals surface area contributed by atoms with Crippen LogP contribution in [-0.4, -0.2) is 33.9 Å². The average Bonchev–Trinajstić information content (AvgIpc) is 2.60. The van der Waals surface area contributed by atoms with Crippen molar-refractivity contribution in [3.63, 3.8) is 0 Å². The highest BCUT2D eigenvalue weighted by molar-refractivity contribution is 7.90. The molecule has 0 atom stereocenters. The van der Waals surface area contributed by atoms with Gasteiger partial charge in [-0.3, -0.25) is 9.59 Å². The van der Waals surface area contributed by atoms with E-state index in [-0.39, 0.29) is 11.5 Å². The summed E-state index contributed by atoms with van der Waals surface area (Å²) < 4.78 is 35.9. The zero-order valence-electron chi connectivity index (χ0n) is 14.2. The van der Waals surface area contributed by atoms with E-state index in [1.807, 2.05) is 4.72 Å². The largest absolute Gasteiger partial charge is 0.497 e. The quantitative estimate of drug-likeness (QED) is 0.756. The molecule has 0 unspecified atom stereocenters. The summed E-state index contributed by atoms with van der Waals surface area (Å²) >= 11 is 0. The predicted molar refractivity (Wildman–Crippen MR) is 94.6 cm³/mol. The zero-order chi connectivity index (χ0) is 19.2. The number of benzene rings is 2. The molecule has 9 heteroatoms. The first kappa shape index (κ1) is 19.3. The van der Waals surface area contributed by atoms with Crippen LogP contribution in [-0.2, 0) is 19.6 Å². The van der Waals surface area contributed by atoms with Gasteiger partial charge in [0.05, 0.1) is 12.0 Å². The number of rotatable bonds is 7. The van der Waals surface area contributed by atoms with Crippen LogP contribution < -0.4 is 19.5 Å². The van der Waals surface area contributed by atoms with Gasteiger partial charge in [0.15, 0.2) is 6.61 Å². The van der Waals surface area contributed by atoms with Gasteiger partial charge in [-0.05, 0) is 48.5 Å². The Balaban J connectivity index is 1.91. The van der Waals surface area contributed by atoms with Gasteiger partial charge in [-0.15, -0.1) is 0 Å². The fraction of sp³-hybridized carbons (Fsp3) is 0.176. The monoisotopic (exact) mass is 378 g/mol. The number of hydrogen-bond donors (Lipinski definition) is 2. The van der Waals surface area contributed by atoms with Crippen LogP contribution >= 0.6 is 0 Å². The van der Waals surface area contributed by atoms with Gasteiger partial charge in [0, 0.05) is 12.6 Å². The molecule has 0 aliphatic carbocycles. The predicted octanol–water partition coefficient (Wildman–Crippen LogP) is 1.54. The Bertz CT molecular complexity index is 876. The molecule has 2 rings (SSSR count). The molecule has 2 amide bonds. The van der Waals surface area contributed by atoms with Crippen LogP contribution in [0.1, 0.15) is 6.92 Å². The number of nitrogens with one attached hydrogen (secondary N) is 2. The number of anilines is 1. The minimum Gasteiger partial charge on any atom is -0.497 e. The molecule has 0 saturated heterocycles. The van der Waals surface area contributed by atoms with Crippen LogP contribution in [0, 0.1) is 0 Å². The lowest BCUT2D eigenvalue weighted by Crippen LogP contribution is -2.28. The van der Waals surface area contributed by atoms with E-state index in [9.17, 15) is 18.0 Å². The van der Waals surface area contributed by atoms with Gasteiger partial charge in [0.2, 0.25) is 5.91 Å². The summed E-state index contributed by atoms with van der Waals surface area (Å²) in [6, 6.07) is 12.2. The summed E-state index contributed by atoms with van der Waals surface area (Å²) in [7, 11) is -2.35. The van der Waals surface area contributed by atoms with Gasteiger partial charge < -0.3 is 14.8 Å². The van der Waals surface area contributed by atoms with Gasteiger partial charge in [-0.2, -0.15) is 0 Å². The summed E-state index contributed by atoms with van der Waals surface area (Å²) in [5.41, 5.74) is 0.398. The molecule has 8 nitrogen and oxygen atoms in total. The number of methoxy groups -OCH3 is 1. The molecule has 0 fully saturated rings. The number of amides is 2. The Kier molecular flexibility index (Phi) is 6.18. The van der Waals surface area contributed by atoms with E-state index in [2.05, 4.69) is 5.32 Å². The third-order valence-corrected chi connectivity index (χ3v) is 4.60. The van der Waals surface area contributed by atoms with Crippen LogP contribution in [0.5, 0.6) is 11.5 Å². The van der Waals surface area contributed by atoms with Crippen molar-refractivity contribution in [2.45, 2.75) is 11.8 Å². The lowest BCUT2D eigenvalue weighted by molar-refractivity contribution is -0.118. The van der Waals surface area contributed by atoms with Crippen molar-refractivity contribution in [1.82, 2.24) is 4.72 Å². The molecule has 0 aliphatic rings. The fourth-order valence-electron chi connectivity index (χ4n) is 1.98. The summed E-state index contributed by atoms with van der Waals surface area (Å²) in [6.07, 6.45) is 0.